The quantitative estimate of drug-likeness (QED) is 0.655. The molecule has 5 heteroatoms. The third-order valence-corrected chi connectivity index (χ3v) is 3.94. The Labute approximate surface area is 115 Å². The second-order valence-corrected chi connectivity index (χ2v) is 5.91. The molecule has 0 bridgehead atoms. The first-order valence-corrected chi connectivity index (χ1v) is 7.14. The predicted octanol–water partition coefficient (Wildman–Crippen LogP) is 1.52. The summed E-state index contributed by atoms with van der Waals surface area (Å²) < 4.78 is 0. The molecule has 0 radical (unpaired) electrons. The molecule has 0 aliphatic carbocycles. The topological polar surface area (TPSA) is 78.4 Å². The van der Waals surface area contributed by atoms with E-state index >= 15 is 0 Å². The van der Waals surface area contributed by atoms with Gasteiger partial charge in [0.25, 0.3) is 0 Å². The number of carbonyl (C=O) groups excluding carboxylic acids is 1. The monoisotopic (exact) mass is 270 g/mol. The molecule has 3 atom stereocenters. The fourth-order valence-corrected chi connectivity index (χ4v) is 2.40. The van der Waals surface area contributed by atoms with Crippen LogP contribution in [0, 0.1) is 5.92 Å². The molecule has 3 N–H and O–H groups in total. The van der Waals surface area contributed by atoms with E-state index in [9.17, 15) is 9.59 Å². The highest BCUT2D eigenvalue weighted by Crippen LogP contribution is 2.19. The van der Waals surface area contributed by atoms with Crippen LogP contribution < -0.4 is 10.6 Å². The van der Waals surface area contributed by atoms with E-state index in [1.807, 2.05) is 13.8 Å². The Morgan fingerprint density at radius 2 is 2.05 bits per heavy atom. The zero-order valence-electron chi connectivity index (χ0n) is 12.2. The highest BCUT2D eigenvalue weighted by Gasteiger charge is 2.36. The number of nitrogens with one attached hydrogen (secondary N) is 2. The molecule has 19 heavy (non-hydrogen) atoms. The molecule has 1 aliphatic heterocycles. The molecule has 1 rings (SSSR count). The van der Waals surface area contributed by atoms with Crippen molar-refractivity contribution in [2.75, 3.05) is 6.54 Å². The highest BCUT2D eigenvalue weighted by molar-refractivity contribution is 5.86. The largest absolute Gasteiger partial charge is 0.481 e. The summed E-state index contributed by atoms with van der Waals surface area (Å²) in [6.45, 7) is 6.53. The molecule has 1 amide bonds. The van der Waals surface area contributed by atoms with Gasteiger partial charge in [0.2, 0.25) is 5.91 Å². The minimum atomic E-state index is -0.751. The van der Waals surface area contributed by atoms with Gasteiger partial charge in [-0.25, -0.2) is 0 Å². The van der Waals surface area contributed by atoms with E-state index in [0.29, 0.717) is 6.42 Å². The van der Waals surface area contributed by atoms with Gasteiger partial charge in [-0.3, -0.25) is 9.59 Å². The van der Waals surface area contributed by atoms with Crippen molar-refractivity contribution in [3.8, 4) is 0 Å². The number of carbonyl (C=O) groups is 2. The van der Waals surface area contributed by atoms with E-state index in [1.54, 1.807) is 6.92 Å². The van der Waals surface area contributed by atoms with Gasteiger partial charge in [0, 0.05) is 6.04 Å². The Morgan fingerprint density at radius 3 is 2.58 bits per heavy atom. The van der Waals surface area contributed by atoms with Crippen LogP contribution in [0.25, 0.3) is 0 Å². The Morgan fingerprint density at radius 1 is 1.37 bits per heavy atom. The minimum absolute atomic E-state index is 0.0591. The lowest BCUT2D eigenvalue weighted by Gasteiger charge is -2.25. The number of aliphatic carboxylic acids is 1. The average molecular weight is 270 g/mol. The summed E-state index contributed by atoms with van der Waals surface area (Å²) in [5, 5.41) is 15.0. The number of hydrogen-bond acceptors (Lipinski definition) is 3. The molecule has 1 saturated heterocycles. The number of carboxylic acids is 1. The zero-order chi connectivity index (χ0) is 14.5. The Bertz CT molecular complexity index is 325. The smallest absolute Gasteiger partial charge is 0.306 e. The number of rotatable bonds is 7. The number of amides is 1. The zero-order valence-corrected chi connectivity index (χ0v) is 12.2. The van der Waals surface area contributed by atoms with Crippen LogP contribution in [0.5, 0.6) is 0 Å². The molecule has 1 heterocycles. The molecule has 3 unspecified atom stereocenters. The van der Waals surface area contributed by atoms with Crippen LogP contribution in [0.4, 0.5) is 0 Å². The average Bonchev–Trinajstić information content (AvgIpc) is 2.77. The van der Waals surface area contributed by atoms with Gasteiger partial charge in [0.05, 0.1) is 11.5 Å². The van der Waals surface area contributed by atoms with Gasteiger partial charge in [-0.05, 0) is 46.1 Å². The van der Waals surface area contributed by atoms with Crippen molar-refractivity contribution in [1.82, 2.24) is 10.6 Å². The fourth-order valence-electron chi connectivity index (χ4n) is 2.40. The van der Waals surface area contributed by atoms with Gasteiger partial charge in [0.1, 0.15) is 0 Å². The van der Waals surface area contributed by atoms with E-state index in [-0.39, 0.29) is 17.9 Å². The molecule has 1 aliphatic rings. The third-order valence-electron chi connectivity index (χ3n) is 3.94. The van der Waals surface area contributed by atoms with Crippen LogP contribution in [-0.2, 0) is 9.59 Å². The Kier molecular flexibility index (Phi) is 5.79. The van der Waals surface area contributed by atoms with Crippen molar-refractivity contribution in [2.24, 2.45) is 5.92 Å². The molecule has 0 aromatic rings. The van der Waals surface area contributed by atoms with Crippen molar-refractivity contribution in [3.05, 3.63) is 0 Å². The lowest BCUT2D eigenvalue weighted by molar-refractivity contribution is -0.141. The van der Waals surface area contributed by atoms with Crippen molar-refractivity contribution < 1.29 is 14.7 Å². The van der Waals surface area contributed by atoms with Crippen LogP contribution in [0.2, 0.25) is 0 Å². The lowest BCUT2D eigenvalue weighted by atomic mass is 9.98. The molecule has 0 saturated carbocycles. The summed E-state index contributed by atoms with van der Waals surface area (Å²) in [6, 6.07) is 0.0905. The molecule has 5 nitrogen and oxygen atoms in total. The third kappa shape index (κ3) is 4.82. The summed E-state index contributed by atoms with van der Waals surface area (Å²) in [4.78, 5) is 22.8. The van der Waals surface area contributed by atoms with Crippen LogP contribution in [-0.4, -0.2) is 35.1 Å². The van der Waals surface area contributed by atoms with Crippen molar-refractivity contribution in [3.63, 3.8) is 0 Å². The van der Waals surface area contributed by atoms with Crippen LogP contribution in [0.15, 0.2) is 0 Å². The molecule has 0 spiro atoms. The fraction of sp³-hybridized carbons (Fsp3) is 0.857. The highest BCUT2D eigenvalue weighted by atomic mass is 16.4. The molecule has 0 aromatic carbocycles. The predicted molar refractivity (Wildman–Crippen MR) is 73.9 cm³/mol. The van der Waals surface area contributed by atoms with Crippen molar-refractivity contribution >= 4 is 11.9 Å². The van der Waals surface area contributed by atoms with Gasteiger partial charge >= 0.3 is 5.97 Å². The summed E-state index contributed by atoms with van der Waals surface area (Å²) in [6.07, 6.45) is 4.21. The number of hydrogen-bond donors (Lipinski definition) is 3. The van der Waals surface area contributed by atoms with Gasteiger partial charge < -0.3 is 15.7 Å². The van der Waals surface area contributed by atoms with E-state index in [4.69, 9.17) is 5.11 Å². The summed E-state index contributed by atoms with van der Waals surface area (Å²) in [5.41, 5.74) is -0.428. The van der Waals surface area contributed by atoms with Crippen LogP contribution >= 0.6 is 0 Å². The van der Waals surface area contributed by atoms with Gasteiger partial charge in [-0.1, -0.05) is 13.3 Å². The van der Waals surface area contributed by atoms with E-state index in [2.05, 4.69) is 10.6 Å². The normalized spacial score (nSPS) is 25.8. The van der Waals surface area contributed by atoms with Gasteiger partial charge in [0.15, 0.2) is 0 Å². The molecular weight excluding hydrogens is 244 g/mol. The second kappa shape index (κ2) is 6.89. The first-order chi connectivity index (χ1) is 8.85. The van der Waals surface area contributed by atoms with E-state index in [1.165, 1.54) is 0 Å². The number of carboxylic acid groups (broad SMARTS) is 1. The first-order valence-electron chi connectivity index (χ1n) is 7.14. The second-order valence-electron chi connectivity index (χ2n) is 5.91. The maximum absolute atomic E-state index is 12.1. The summed E-state index contributed by atoms with van der Waals surface area (Å²) in [5.74, 6) is -1.000. The van der Waals surface area contributed by atoms with Gasteiger partial charge in [-0.2, -0.15) is 0 Å². The van der Waals surface area contributed by atoms with E-state index in [0.717, 1.165) is 32.2 Å². The van der Waals surface area contributed by atoms with Crippen molar-refractivity contribution in [2.45, 2.75) is 64.5 Å². The van der Waals surface area contributed by atoms with Crippen molar-refractivity contribution in [1.29, 1.82) is 0 Å². The Balaban J connectivity index is 2.25. The summed E-state index contributed by atoms with van der Waals surface area (Å²) >= 11 is 0. The molecule has 1 fully saturated rings. The molecule has 0 aromatic heterocycles. The molecule has 110 valence electrons. The van der Waals surface area contributed by atoms with Crippen LogP contribution in [0.3, 0.4) is 0 Å². The van der Waals surface area contributed by atoms with E-state index < -0.39 is 11.5 Å². The molecular formula is C14H26N2O3. The standard InChI is InChI=1S/C14H26N2O3/c1-10(12(17)18)6-4-7-11(2)16-13(19)14(3)8-5-9-15-14/h10-11,15H,4-9H2,1-3H3,(H,16,19)(H,17,18). The maximum atomic E-state index is 12.1. The Hall–Kier alpha value is -1.10. The first kappa shape index (κ1) is 16.0. The summed E-state index contributed by atoms with van der Waals surface area (Å²) in [7, 11) is 0. The van der Waals surface area contributed by atoms with Gasteiger partial charge in [-0.15, -0.1) is 0 Å². The van der Waals surface area contributed by atoms with Crippen LogP contribution in [0.1, 0.15) is 52.9 Å². The lowest BCUT2D eigenvalue weighted by Crippen LogP contribution is -2.53. The SMILES string of the molecule is CC(CCCC(C)C(=O)O)NC(=O)C1(C)CCCN1. The minimum Gasteiger partial charge on any atom is -0.481 e. The maximum Gasteiger partial charge on any atom is 0.306 e.